The molecule has 0 spiro atoms. The van der Waals surface area contributed by atoms with Gasteiger partial charge in [-0.05, 0) is 44.1 Å². The van der Waals surface area contributed by atoms with Crippen LogP contribution in [0.5, 0.6) is 5.75 Å². The van der Waals surface area contributed by atoms with Crippen molar-refractivity contribution in [1.82, 2.24) is 20.4 Å². The van der Waals surface area contributed by atoms with E-state index in [1.165, 1.54) is 4.90 Å². The second kappa shape index (κ2) is 9.76. The molecule has 1 aromatic rings. The highest BCUT2D eigenvalue weighted by atomic mass is 16.5. The molecule has 2 N–H and O–H groups in total. The van der Waals surface area contributed by atoms with Crippen molar-refractivity contribution in [3.05, 3.63) is 41.1 Å². The summed E-state index contributed by atoms with van der Waals surface area (Å²) >= 11 is 0. The number of likely N-dealkylation sites (N-methyl/N-ethyl adjacent to an activating group) is 1. The first-order valence-electron chi connectivity index (χ1n) is 10.1. The molecular weight excluding hydrogens is 372 g/mol. The van der Waals surface area contributed by atoms with E-state index in [1.807, 2.05) is 24.3 Å². The zero-order valence-electron chi connectivity index (χ0n) is 17.4. The van der Waals surface area contributed by atoms with Gasteiger partial charge in [0.15, 0.2) is 0 Å². The lowest BCUT2D eigenvalue weighted by Crippen LogP contribution is -2.49. The number of methoxy groups -OCH3 is 1. The first kappa shape index (κ1) is 21.1. The van der Waals surface area contributed by atoms with Crippen molar-refractivity contribution in [2.75, 3.05) is 53.5 Å². The molecule has 2 heterocycles. The minimum absolute atomic E-state index is 0.234. The first-order valence-corrected chi connectivity index (χ1v) is 10.1. The van der Waals surface area contributed by atoms with Crippen molar-refractivity contribution in [3.63, 3.8) is 0 Å². The van der Waals surface area contributed by atoms with E-state index in [1.54, 1.807) is 21.1 Å². The third-order valence-corrected chi connectivity index (χ3v) is 5.33. The summed E-state index contributed by atoms with van der Waals surface area (Å²) in [5, 5.41) is 6.33. The number of rotatable bonds is 6. The van der Waals surface area contributed by atoms with E-state index in [9.17, 15) is 9.59 Å². The smallest absolute Gasteiger partial charge is 0.338 e. The quantitative estimate of drug-likeness (QED) is 0.702. The minimum atomic E-state index is -0.566. The molecule has 0 aromatic heterocycles. The number of hydrogen-bond acceptors (Lipinski definition) is 6. The summed E-state index contributed by atoms with van der Waals surface area (Å²) in [6, 6.07) is 6.57. The number of ether oxygens (including phenoxy) is 2. The van der Waals surface area contributed by atoms with Crippen molar-refractivity contribution >= 4 is 12.0 Å². The predicted octanol–water partition coefficient (Wildman–Crippen LogP) is 1.50. The molecule has 1 aromatic carbocycles. The third kappa shape index (κ3) is 4.89. The number of nitrogens with one attached hydrogen (secondary N) is 2. The van der Waals surface area contributed by atoms with Crippen LogP contribution in [0.25, 0.3) is 0 Å². The van der Waals surface area contributed by atoms with Crippen molar-refractivity contribution in [1.29, 1.82) is 0 Å². The van der Waals surface area contributed by atoms with Crippen LogP contribution in [0.2, 0.25) is 0 Å². The summed E-state index contributed by atoms with van der Waals surface area (Å²) in [6.07, 6.45) is 1.03. The lowest BCUT2D eigenvalue weighted by Gasteiger charge is -2.36. The number of urea groups is 1. The van der Waals surface area contributed by atoms with E-state index in [4.69, 9.17) is 9.47 Å². The fraction of sp³-hybridized carbons (Fsp3) is 0.524. The van der Waals surface area contributed by atoms with Gasteiger partial charge in [0.05, 0.1) is 25.3 Å². The average molecular weight is 402 g/mol. The van der Waals surface area contributed by atoms with E-state index < -0.39 is 12.0 Å². The van der Waals surface area contributed by atoms with E-state index in [-0.39, 0.29) is 12.6 Å². The average Bonchev–Trinajstić information content (AvgIpc) is 3.00. The highest BCUT2D eigenvalue weighted by molar-refractivity contribution is 5.95. The van der Waals surface area contributed by atoms with Crippen molar-refractivity contribution in [2.45, 2.75) is 19.4 Å². The second-order valence-electron chi connectivity index (χ2n) is 7.18. The van der Waals surface area contributed by atoms with Crippen LogP contribution in [0.15, 0.2) is 35.5 Å². The standard InChI is InChI=1S/C21H30N4O4/c1-4-29-20(26)18-17(14-25-12-5-10-22-11-13-25)24(2)21(27)23-19(18)15-6-8-16(28-3)9-7-15/h6-9,19,22H,4-5,10-14H2,1-3H3,(H,23,27). The summed E-state index contributed by atoms with van der Waals surface area (Å²) in [6.45, 7) is 6.22. The van der Waals surface area contributed by atoms with Gasteiger partial charge in [0.1, 0.15) is 5.75 Å². The Labute approximate surface area is 171 Å². The van der Waals surface area contributed by atoms with Gasteiger partial charge >= 0.3 is 12.0 Å². The molecule has 8 nitrogen and oxygen atoms in total. The van der Waals surface area contributed by atoms with Crippen LogP contribution in [0, 0.1) is 0 Å². The molecule has 8 heteroatoms. The van der Waals surface area contributed by atoms with Crippen molar-refractivity contribution < 1.29 is 19.1 Å². The Morgan fingerprint density at radius 2 is 1.97 bits per heavy atom. The van der Waals surface area contributed by atoms with Gasteiger partial charge in [-0.3, -0.25) is 9.80 Å². The van der Waals surface area contributed by atoms with Crippen molar-refractivity contribution in [3.8, 4) is 5.75 Å². The van der Waals surface area contributed by atoms with Gasteiger partial charge in [0.2, 0.25) is 0 Å². The third-order valence-electron chi connectivity index (χ3n) is 5.33. The molecule has 2 amide bonds. The molecule has 0 bridgehead atoms. The number of carbonyl (C=O) groups excluding carboxylic acids is 2. The van der Waals surface area contributed by atoms with Crippen LogP contribution >= 0.6 is 0 Å². The van der Waals surface area contributed by atoms with Gasteiger partial charge in [0.25, 0.3) is 0 Å². The lowest BCUT2D eigenvalue weighted by atomic mass is 9.94. The Balaban J connectivity index is 2.01. The van der Waals surface area contributed by atoms with Gasteiger partial charge in [-0.15, -0.1) is 0 Å². The van der Waals surface area contributed by atoms with Crippen LogP contribution in [-0.4, -0.2) is 75.3 Å². The molecule has 3 rings (SSSR count). The fourth-order valence-corrected chi connectivity index (χ4v) is 3.72. The molecule has 29 heavy (non-hydrogen) atoms. The maximum atomic E-state index is 13.0. The Kier molecular flexibility index (Phi) is 7.11. The topological polar surface area (TPSA) is 83.1 Å². The van der Waals surface area contributed by atoms with Crippen LogP contribution in [0.4, 0.5) is 4.79 Å². The molecule has 1 unspecified atom stereocenters. The Morgan fingerprint density at radius 1 is 1.21 bits per heavy atom. The van der Waals surface area contributed by atoms with E-state index in [0.717, 1.165) is 38.2 Å². The molecule has 0 aliphatic carbocycles. The Hall–Kier alpha value is -2.58. The predicted molar refractivity (Wildman–Crippen MR) is 110 cm³/mol. The normalized spacial score (nSPS) is 20.9. The zero-order valence-corrected chi connectivity index (χ0v) is 17.4. The van der Waals surface area contributed by atoms with Crippen molar-refractivity contribution in [2.24, 2.45) is 0 Å². The van der Waals surface area contributed by atoms with Gasteiger partial charge in [-0.1, -0.05) is 12.1 Å². The first-order chi connectivity index (χ1) is 14.0. The van der Waals surface area contributed by atoms with E-state index in [2.05, 4.69) is 15.5 Å². The van der Waals surface area contributed by atoms with Crippen LogP contribution in [0.1, 0.15) is 24.9 Å². The van der Waals surface area contributed by atoms with Crippen LogP contribution < -0.4 is 15.4 Å². The number of hydrogen-bond donors (Lipinski definition) is 2. The molecule has 1 saturated heterocycles. The summed E-state index contributed by atoms with van der Waals surface area (Å²) < 4.78 is 10.6. The summed E-state index contributed by atoms with van der Waals surface area (Å²) in [5.41, 5.74) is 1.98. The molecule has 1 atom stereocenters. The number of nitrogens with zero attached hydrogens (tertiary/aromatic N) is 2. The van der Waals surface area contributed by atoms with Crippen LogP contribution in [0.3, 0.4) is 0 Å². The largest absolute Gasteiger partial charge is 0.497 e. The monoisotopic (exact) mass is 402 g/mol. The van der Waals surface area contributed by atoms with E-state index >= 15 is 0 Å². The maximum absolute atomic E-state index is 13.0. The Bertz CT molecular complexity index is 754. The fourth-order valence-electron chi connectivity index (χ4n) is 3.72. The Morgan fingerprint density at radius 3 is 2.66 bits per heavy atom. The molecule has 1 fully saturated rings. The minimum Gasteiger partial charge on any atom is -0.497 e. The van der Waals surface area contributed by atoms with E-state index in [0.29, 0.717) is 23.6 Å². The highest BCUT2D eigenvalue weighted by Crippen LogP contribution is 2.32. The zero-order chi connectivity index (χ0) is 20.8. The van der Waals surface area contributed by atoms with Crippen LogP contribution in [-0.2, 0) is 9.53 Å². The SMILES string of the molecule is CCOC(=O)C1=C(CN2CCCNCC2)N(C)C(=O)NC1c1ccc(OC)cc1. The van der Waals surface area contributed by atoms with Gasteiger partial charge in [-0.25, -0.2) is 9.59 Å². The summed E-state index contributed by atoms with van der Waals surface area (Å²) in [7, 11) is 3.30. The van der Waals surface area contributed by atoms with Gasteiger partial charge in [-0.2, -0.15) is 0 Å². The highest BCUT2D eigenvalue weighted by Gasteiger charge is 2.37. The molecule has 158 valence electrons. The number of benzene rings is 1. The second-order valence-corrected chi connectivity index (χ2v) is 7.18. The molecule has 2 aliphatic heterocycles. The molecule has 2 aliphatic rings. The number of amides is 2. The summed E-state index contributed by atoms with van der Waals surface area (Å²) in [4.78, 5) is 29.5. The maximum Gasteiger partial charge on any atom is 0.338 e. The number of esters is 1. The molecular formula is C21H30N4O4. The molecule has 0 saturated carbocycles. The molecule has 0 radical (unpaired) electrons. The summed E-state index contributed by atoms with van der Waals surface area (Å²) in [5.74, 6) is 0.315. The van der Waals surface area contributed by atoms with Gasteiger partial charge < -0.3 is 20.1 Å². The number of carbonyl (C=O) groups is 2. The lowest BCUT2D eigenvalue weighted by molar-refractivity contribution is -0.139. The van der Waals surface area contributed by atoms with Gasteiger partial charge in [0, 0.05) is 32.4 Å².